The zero-order valence-electron chi connectivity index (χ0n) is 11.2. The summed E-state index contributed by atoms with van der Waals surface area (Å²) in [6, 6.07) is 9.53. The molecule has 2 unspecified atom stereocenters. The van der Waals surface area contributed by atoms with E-state index in [1.165, 1.54) is 30.5 Å². The fraction of sp³-hybridized carbons (Fsp3) is 0.600. The first-order valence-corrected chi connectivity index (χ1v) is 6.66. The number of aryl methyl sites for hydroxylation is 1. The molecule has 1 aromatic rings. The van der Waals surface area contributed by atoms with Crippen molar-refractivity contribution in [1.82, 2.24) is 5.32 Å². The molecule has 0 saturated heterocycles. The van der Waals surface area contributed by atoms with Crippen molar-refractivity contribution in [3.8, 4) is 0 Å². The van der Waals surface area contributed by atoms with Crippen molar-refractivity contribution in [3.63, 3.8) is 0 Å². The van der Waals surface area contributed by atoms with Crippen LogP contribution in [0.25, 0.3) is 0 Å². The molecule has 2 rings (SSSR count). The SMILES string of the molecule is CNC1CCCC1CN(C)c1ccc(C)cc1. The zero-order chi connectivity index (χ0) is 12.3. The Bertz CT molecular complexity index is 344. The third-order valence-electron chi connectivity index (χ3n) is 4.01. The van der Waals surface area contributed by atoms with Crippen molar-refractivity contribution >= 4 is 5.69 Å². The molecular weight excluding hydrogens is 208 g/mol. The predicted molar refractivity (Wildman–Crippen MR) is 74.6 cm³/mol. The van der Waals surface area contributed by atoms with Crippen LogP contribution in [0.2, 0.25) is 0 Å². The molecule has 1 fully saturated rings. The van der Waals surface area contributed by atoms with Gasteiger partial charge in [0.15, 0.2) is 0 Å². The van der Waals surface area contributed by atoms with E-state index < -0.39 is 0 Å². The lowest BCUT2D eigenvalue weighted by Gasteiger charge is -2.27. The Morgan fingerprint density at radius 1 is 1.24 bits per heavy atom. The van der Waals surface area contributed by atoms with Crippen LogP contribution in [-0.2, 0) is 0 Å². The summed E-state index contributed by atoms with van der Waals surface area (Å²) in [5.41, 5.74) is 2.66. The maximum Gasteiger partial charge on any atom is 0.0363 e. The Labute approximate surface area is 105 Å². The Morgan fingerprint density at radius 2 is 1.94 bits per heavy atom. The van der Waals surface area contributed by atoms with Gasteiger partial charge in [0, 0.05) is 25.3 Å². The van der Waals surface area contributed by atoms with Gasteiger partial charge >= 0.3 is 0 Å². The molecule has 94 valence electrons. The molecule has 2 heteroatoms. The lowest BCUT2D eigenvalue weighted by molar-refractivity contribution is 0.428. The first-order valence-electron chi connectivity index (χ1n) is 6.66. The molecule has 1 aromatic carbocycles. The Balaban J connectivity index is 1.96. The first-order chi connectivity index (χ1) is 8.20. The molecule has 1 aliphatic carbocycles. The highest BCUT2D eigenvalue weighted by molar-refractivity contribution is 5.46. The molecule has 1 N–H and O–H groups in total. The largest absolute Gasteiger partial charge is 0.374 e. The van der Waals surface area contributed by atoms with Crippen molar-refractivity contribution in [2.75, 3.05) is 25.5 Å². The van der Waals surface area contributed by atoms with Gasteiger partial charge in [0.05, 0.1) is 0 Å². The second-order valence-corrected chi connectivity index (χ2v) is 5.30. The second-order valence-electron chi connectivity index (χ2n) is 5.30. The maximum absolute atomic E-state index is 3.45. The van der Waals surface area contributed by atoms with Gasteiger partial charge < -0.3 is 10.2 Å². The van der Waals surface area contributed by atoms with E-state index in [9.17, 15) is 0 Å². The number of nitrogens with zero attached hydrogens (tertiary/aromatic N) is 1. The third kappa shape index (κ3) is 3.01. The van der Waals surface area contributed by atoms with Crippen molar-refractivity contribution in [2.24, 2.45) is 5.92 Å². The molecule has 0 spiro atoms. The third-order valence-corrected chi connectivity index (χ3v) is 4.01. The standard InChI is InChI=1S/C15H24N2/c1-12-7-9-14(10-8-12)17(3)11-13-5-4-6-15(13)16-2/h7-10,13,15-16H,4-6,11H2,1-3H3. The summed E-state index contributed by atoms with van der Waals surface area (Å²) in [4.78, 5) is 2.39. The monoisotopic (exact) mass is 232 g/mol. The smallest absolute Gasteiger partial charge is 0.0363 e. The summed E-state index contributed by atoms with van der Waals surface area (Å²) >= 11 is 0. The molecule has 0 aliphatic heterocycles. The van der Waals surface area contributed by atoms with Gasteiger partial charge in [0.2, 0.25) is 0 Å². The van der Waals surface area contributed by atoms with Crippen LogP contribution in [0.5, 0.6) is 0 Å². The predicted octanol–water partition coefficient (Wildman–Crippen LogP) is 2.82. The fourth-order valence-corrected chi connectivity index (χ4v) is 2.89. The quantitative estimate of drug-likeness (QED) is 0.858. The van der Waals surface area contributed by atoms with Gasteiger partial charge in [-0.3, -0.25) is 0 Å². The molecule has 0 heterocycles. The van der Waals surface area contributed by atoms with Crippen LogP contribution in [0.3, 0.4) is 0 Å². The van der Waals surface area contributed by atoms with E-state index in [4.69, 9.17) is 0 Å². The molecule has 2 nitrogen and oxygen atoms in total. The average molecular weight is 232 g/mol. The lowest BCUT2D eigenvalue weighted by Crippen LogP contribution is -2.36. The normalized spacial score (nSPS) is 23.9. The van der Waals surface area contributed by atoms with E-state index in [0.29, 0.717) is 6.04 Å². The van der Waals surface area contributed by atoms with E-state index >= 15 is 0 Å². The number of anilines is 1. The van der Waals surface area contributed by atoms with E-state index in [-0.39, 0.29) is 0 Å². The average Bonchev–Trinajstić information content (AvgIpc) is 2.77. The summed E-state index contributed by atoms with van der Waals surface area (Å²) in [5.74, 6) is 0.798. The Morgan fingerprint density at radius 3 is 2.59 bits per heavy atom. The van der Waals surface area contributed by atoms with Gasteiger partial charge in [-0.15, -0.1) is 0 Å². The number of hydrogen-bond acceptors (Lipinski definition) is 2. The molecule has 0 amide bonds. The summed E-state index contributed by atoms with van der Waals surface area (Å²) in [6.45, 7) is 3.30. The van der Waals surface area contributed by atoms with Crippen LogP contribution in [0.1, 0.15) is 24.8 Å². The van der Waals surface area contributed by atoms with Gasteiger partial charge in [-0.1, -0.05) is 24.1 Å². The summed E-state index contributed by atoms with van der Waals surface area (Å²) in [6.07, 6.45) is 4.07. The molecule has 2 atom stereocenters. The zero-order valence-corrected chi connectivity index (χ0v) is 11.2. The van der Waals surface area contributed by atoms with Crippen molar-refractivity contribution in [1.29, 1.82) is 0 Å². The number of nitrogens with one attached hydrogen (secondary N) is 1. The molecule has 1 saturated carbocycles. The van der Waals surface area contributed by atoms with Crippen LogP contribution in [0, 0.1) is 12.8 Å². The van der Waals surface area contributed by atoms with Gasteiger partial charge in [0.25, 0.3) is 0 Å². The summed E-state index contributed by atoms with van der Waals surface area (Å²) < 4.78 is 0. The van der Waals surface area contributed by atoms with Crippen molar-refractivity contribution in [3.05, 3.63) is 29.8 Å². The van der Waals surface area contributed by atoms with Gasteiger partial charge in [-0.2, -0.15) is 0 Å². The second kappa shape index (κ2) is 5.54. The molecular formula is C15H24N2. The molecule has 0 radical (unpaired) electrons. The lowest BCUT2D eigenvalue weighted by atomic mass is 10.0. The Kier molecular flexibility index (Phi) is 4.06. The van der Waals surface area contributed by atoms with Gasteiger partial charge in [-0.25, -0.2) is 0 Å². The van der Waals surface area contributed by atoms with Gasteiger partial charge in [0.1, 0.15) is 0 Å². The summed E-state index contributed by atoms with van der Waals surface area (Å²) in [5, 5.41) is 3.45. The van der Waals surface area contributed by atoms with Crippen LogP contribution < -0.4 is 10.2 Å². The van der Waals surface area contributed by atoms with E-state index in [1.54, 1.807) is 0 Å². The van der Waals surface area contributed by atoms with Crippen LogP contribution in [-0.4, -0.2) is 26.7 Å². The van der Waals surface area contributed by atoms with E-state index in [0.717, 1.165) is 12.5 Å². The molecule has 0 aromatic heterocycles. The molecule has 0 bridgehead atoms. The van der Waals surface area contributed by atoms with Gasteiger partial charge in [-0.05, 0) is 44.9 Å². The fourth-order valence-electron chi connectivity index (χ4n) is 2.89. The van der Waals surface area contributed by atoms with Crippen molar-refractivity contribution in [2.45, 2.75) is 32.2 Å². The van der Waals surface area contributed by atoms with Crippen LogP contribution in [0.15, 0.2) is 24.3 Å². The van der Waals surface area contributed by atoms with Crippen LogP contribution >= 0.6 is 0 Å². The summed E-state index contributed by atoms with van der Waals surface area (Å²) in [7, 11) is 4.30. The topological polar surface area (TPSA) is 15.3 Å². The molecule has 1 aliphatic rings. The highest BCUT2D eigenvalue weighted by atomic mass is 15.1. The number of benzene rings is 1. The number of rotatable bonds is 4. The van der Waals surface area contributed by atoms with Crippen LogP contribution in [0.4, 0.5) is 5.69 Å². The van der Waals surface area contributed by atoms with E-state index in [1.807, 2.05) is 0 Å². The minimum atomic E-state index is 0.711. The molecule has 17 heavy (non-hydrogen) atoms. The minimum Gasteiger partial charge on any atom is -0.374 e. The first kappa shape index (κ1) is 12.4. The highest BCUT2D eigenvalue weighted by Gasteiger charge is 2.26. The highest BCUT2D eigenvalue weighted by Crippen LogP contribution is 2.27. The van der Waals surface area contributed by atoms with Crippen molar-refractivity contribution < 1.29 is 0 Å². The van der Waals surface area contributed by atoms with E-state index in [2.05, 4.69) is 55.5 Å². The minimum absolute atomic E-state index is 0.711. The number of hydrogen-bond donors (Lipinski definition) is 1. The maximum atomic E-state index is 3.45. The Hall–Kier alpha value is -1.02.